The third kappa shape index (κ3) is 4.14. The first kappa shape index (κ1) is 18.2. The summed E-state index contributed by atoms with van der Waals surface area (Å²) < 4.78 is 46.2. The summed E-state index contributed by atoms with van der Waals surface area (Å²) in [7, 11) is 0. The lowest BCUT2D eigenvalue weighted by atomic mass is 9.96. The highest BCUT2D eigenvalue weighted by Gasteiger charge is 2.41. The minimum absolute atomic E-state index is 0.0447. The maximum Gasteiger partial charge on any atom is 0.422 e. The quantitative estimate of drug-likeness (QED) is 0.873. The van der Waals surface area contributed by atoms with Crippen molar-refractivity contribution in [1.29, 1.82) is 0 Å². The van der Waals surface area contributed by atoms with E-state index in [1.54, 1.807) is 6.92 Å². The second-order valence-corrected chi connectivity index (χ2v) is 6.31. The van der Waals surface area contributed by atoms with Crippen LogP contribution in [-0.2, 0) is 5.54 Å². The molecule has 1 saturated carbocycles. The van der Waals surface area contributed by atoms with Crippen LogP contribution in [0.5, 0.6) is 5.75 Å². The van der Waals surface area contributed by atoms with Gasteiger partial charge in [-0.25, -0.2) is 0 Å². The smallest absolute Gasteiger partial charge is 0.422 e. The van der Waals surface area contributed by atoms with Crippen LogP contribution in [0.4, 0.5) is 13.2 Å². The number of benzene rings is 1. The maximum absolute atomic E-state index is 12.6. The predicted molar refractivity (Wildman–Crippen MR) is 84.6 cm³/mol. The molecule has 1 N–H and O–H groups in total. The Balaban J connectivity index is 1.70. The van der Waals surface area contributed by atoms with E-state index in [4.69, 9.17) is 4.52 Å². The zero-order valence-electron chi connectivity index (χ0n) is 14.1. The second kappa shape index (κ2) is 6.97. The van der Waals surface area contributed by atoms with E-state index in [2.05, 4.69) is 20.2 Å². The molecule has 1 heterocycles. The fraction of sp³-hybridized carbons (Fsp3) is 0.471. The zero-order chi connectivity index (χ0) is 18.8. The monoisotopic (exact) mass is 369 g/mol. The van der Waals surface area contributed by atoms with Crippen LogP contribution in [-0.4, -0.2) is 28.8 Å². The molecule has 1 aliphatic carbocycles. The Labute approximate surface area is 147 Å². The van der Waals surface area contributed by atoms with Crippen LogP contribution in [0.25, 0.3) is 0 Å². The largest absolute Gasteiger partial charge is 0.484 e. The van der Waals surface area contributed by atoms with Crippen molar-refractivity contribution in [3.05, 3.63) is 41.5 Å². The van der Waals surface area contributed by atoms with E-state index in [0.717, 1.165) is 12.8 Å². The molecular weight excluding hydrogens is 351 g/mol. The molecule has 140 valence electrons. The lowest BCUT2D eigenvalue weighted by molar-refractivity contribution is -0.153. The number of halogens is 3. The van der Waals surface area contributed by atoms with Gasteiger partial charge in [-0.15, -0.1) is 0 Å². The number of nitrogens with one attached hydrogen (secondary N) is 1. The van der Waals surface area contributed by atoms with Gasteiger partial charge in [0.2, 0.25) is 5.89 Å². The first-order chi connectivity index (χ1) is 12.3. The van der Waals surface area contributed by atoms with Crippen LogP contribution in [0.1, 0.15) is 47.8 Å². The number of carbonyl (C=O) groups is 1. The van der Waals surface area contributed by atoms with Crippen molar-refractivity contribution in [2.24, 2.45) is 0 Å². The summed E-state index contributed by atoms with van der Waals surface area (Å²) in [5.74, 6) is 0.567. The van der Waals surface area contributed by atoms with Gasteiger partial charge in [0, 0.05) is 12.5 Å². The van der Waals surface area contributed by atoms with E-state index in [0.29, 0.717) is 30.1 Å². The van der Waals surface area contributed by atoms with Gasteiger partial charge in [0.05, 0.1) is 0 Å². The summed E-state index contributed by atoms with van der Waals surface area (Å²) in [5, 5.41) is 6.92. The van der Waals surface area contributed by atoms with E-state index in [-0.39, 0.29) is 11.7 Å². The molecular formula is C17H18F3N3O3. The van der Waals surface area contributed by atoms with Crippen molar-refractivity contribution in [2.45, 2.75) is 44.3 Å². The Morgan fingerprint density at radius 3 is 2.46 bits per heavy atom. The molecule has 2 aromatic rings. The summed E-state index contributed by atoms with van der Waals surface area (Å²) >= 11 is 0. The van der Waals surface area contributed by atoms with Crippen LogP contribution in [0.3, 0.4) is 0 Å². The molecule has 0 aliphatic heterocycles. The number of hydrogen-bond donors (Lipinski definition) is 1. The van der Waals surface area contributed by atoms with Gasteiger partial charge in [-0.3, -0.25) is 4.79 Å². The summed E-state index contributed by atoms with van der Waals surface area (Å²) in [6.45, 7) is 0.305. The zero-order valence-corrected chi connectivity index (χ0v) is 14.1. The molecule has 6 nitrogen and oxygen atoms in total. The molecule has 0 unspecified atom stereocenters. The third-order valence-corrected chi connectivity index (χ3v) is 4.28. The van der Waals surface area contributed by atoms with Crippen molar-refractivity contribution in [2.75, 3.05) is 6.61 Å². The number of ether oxygens (including phenoxy) is 1. The second-order valence-electron chi connectivity index (χ2n) is 6.31. The van der Waals surface area contributed by atoms with E-state index in [1.807, 2.05) is 0 Å². The maximum atomic E-state index is 12.6. The number of hydrogen-bond acceptors (Lipinski definition) is 5. The van der Waals surface area contributed by atoms with Gasteiger partial charge >= 0.3 is 6.18 Å². The molecule has 0 bridgehead atoms. The number of alkyl halides is 3. The molecule has 1 aromatic carbocycles. The highest BCUT2D eigenvalue weighted by atomic mass is 19.4. The Morgan fingerprint density at radius 2 is 1.92 bits per heavy atom. The van der Waals surface area contributed by atoms with Gasteiger partial charge < -0.3 is 14.6 Å². The topological polar surface area (TPSA) is 77.2 Å². The lowest BCUT2D eigenvalue weighted by Crippen LogP contribution is -2.44. The number of nitrogens with zero attached hydrogens (tertiary/aromatic N) is 2. The van der Waals surface area contributed by atoms with Gasteiger partial charge in [-0.2, -0.15) is 18.2 Å². The van der Waals surface area contributed by atoms with Gasteiger partial charge in [-0.05, 0) is 37.1 Å². The van der Waals surface area contributed by atoms with Crippen LogP contribution in [0.2, 0.25) is 0 Å². The molecule has 0 atom stereocenters. The minimum atomic E-state index is -4.41. The molecule has 3 rings (SSSR count). The average Bonchev–Trinajstić information content (AvgIpc) is 3.23. The lowest BCUT2D eigenvalue weighted by Gasteiger charge is -2.26. The van der Waals surface area contributed by atoms with Gasteiger partial charge in [-0.1, -0.05) is 18.0 Å². The summed E-state index contributed by atoms with van der Waals surface area (Å²) in [4.78, 5) is 16.9. The predicted octanol–water partition coefficient (Wildman–Crippen LogP) is 3.52. The Bertz CT molecular complexity index is 766. The van der Waals surface area contributed by atoms with Crippen molar-refractivity contribution >= 4 is 5.91 Å². The van der Waals surface area contributed by atoms with Gasteiger partial charge in [0.15, 0.2) is 12.4 Å². The number of aromatic nitrogens is 2. The van der Waals surface area contributed by atoms with E-state index in [9.17, 15) is 18.0 Å². The van der Waals surface area contributed by atoms with Crippen molar-refractivity contribution < 1.29 is 27.2 Å². The molecule has 1 amide bonds. The fourth-order valence-corrected chi connectivity index (χ4v) is 3.03. The normalized spacial score (nSPS) is 16.5. The third-order valence-electron chi connectivity index (χ3n) is 4.28. The van der Waals surface area contributed by atoms with Gasteiger partial charge in [0.25, 0.3) is 5.91 Å². The SMILES string of the molecule is Cc1nc(C2(NC(=O)c3ccc(OCC(F)(F)F)cc3)CCCC2)no1. The first-order valence-corrected chi connectivity index (χ1v) is 8.20. The molecule has 0 radical (unpaired) electrons. The van der Waals surface area contributed by atoms with E-state index in [1.165, 1.54) is 24.3 Å². The minimum Gasteiger partial charge on any atom is -0.484 e. The number of rotatable bonds is 5. The first-order valence-electron chi connectivity index (χ1n) is 8.20. The molecule has 1 aliphatic rings. The van der Waals surface area contributed by atoms with Crippen LogP contribution >= 0.6 is 0 Å². The van der Waals surface area contributed by atoms with Crippen molar-refractivity contribution in [3.63, 3.8) is 0 Å². The Morgan fingerprint density at radius 1 is 1.27 bits per heavy atom. The number of amides is 1. The molecule has 9 heteroatoms. The summed E-state index contributed by atoms with van der Waals surface area (Å²) in [6.07, 6.45) is -1.15. The highest BCUT2D eigenvalue weighted by Crippen LogP contribution is 2.37. The molecule has 1 aromatic heterocycles. The van der Waals surface area contributed by atoms with E-state index >= 15 is 0 Å². The standard InChI is InChI=1S/C17H18F3N3O3/c1-11-21-15(23-26-11)16(8-2-3-9-16)22-14(24)12-4-6-13(7-5-12)25-10-17(18,19)20/h4-7H,2-3,8-10H2,1H3,(H,22,24). The fourth-order valence-electron chi connectivity index (χ4n) is 3.03. The molecule has 1 fully saturated rings. The van der Waals surface area contributed by atoms with Crippen LogP contribution in [0.15, 0.2) is 28.8 Å². The number of carbonyl (C=O) groups excluding carboxylic acids is 1. The molecule has 26 heavy (non-hydrogen) atoms. The Hall–Kier alpha value is -2.58. The number of aryl methyl sites for hydroxylation is 1. The molecule has 0 saturated heterocycles. The average molecular weight is 369 g/mol. The van der Waals surface area contributed by atoms with Gasteiger partial charge in [0.1, 0.15) is 11.3 Å². The summed E-state index contributed by atoms with van der Waals surface area (Å²) in [6, 6.07) is 5.51. The summed E-state index contributed by atoms with van der Waals surface area (Å²) in [5.41, 5.74) is -0.365. The van der Waals surface area contributed by atoms with Crippen molar-refractivity contribution in [1.82, 2.24) is 15.5 Å². The van der Waals surface area contributed by atoms with Crippen LogP contribution in [0, 0.1) is 6.92 Å². The van der Waals surface area contributed by atoms with E-state index < -0.39 is 18.3 Å². The molecule has 0 spiro atoms. The Kier molecular flexibility index (Phi) is 4.88. The van der Waals surface area contributed by atoms with Crippen LogP contribution < -0.4 is 10.1 Å². The van der Waals surface area contributed by atoms with Crippen molar-refractivity contribution in [3.8, 4) is 5.75 Å². The highest BCUT2D eigenvalue weighted by molar-refractivity contribution is 5.94.